The van der Waals surface area contributed by atoms with Crippen molar-refractivity contribution >= 4 is 5.97 Å². The summed E-state index contributed by atoms with van der Waals surface area (Å²) in [5.41, 5.74) is 0.889. The largest absolute Gasteiger partial charge is 0.493 e. The lowest BCUT2D eigenvalue weighted by Crippen LogP contribution is -2.41. The average molecular weight is 353 g/mol. The summed E-state index contributed by atoms with van der Waals surface area (Å²) < 4.78 is 21.2. The fourth-order valence-electron chi connectivity index (χ4n) is 2.55. The first-order chi connectivity index (χ1) is 11.8. The molecule has 0 fully saturated rings. The van der Waals surface area contributed by atoms with Crippen LogP contribution in [-0.2, 0) is 16.1 Å². The maximum absolute atomic E-state index is 11.9. The number of methoxy groups -OCH3 is 3. The molecule has 25 heavy (non-hydrogen) atoms. The number of carbonyl (C=O) groups excluding carboxylic acids is 1. The highest BCUT2D eigenvalue weighted by atomic mass is 16.5. The molecule has 0 aliphatic carbocycles. The molecule has 0 amide bonds. The van der Waals surface area contributed by atoms with E-state index in [9.17, 15) is 4.79 Å². The van der Waals surface area contributed by atoms with Gasteiger partial charge in [-0.2, -0.15) is 0 Å². The second-order valence-corrected chi connectivity index (χ2v) is 6.84. The van der Waals surface area contributed by atoms with E-state index in [-0.39, 0.29) is 17.4 Å². The normalized spacial score (nSPS) is 12.4. The summed E-state index contributed by atoms with van der Waals surface area (Å²) in [6.45, 7) is 9.06. The zero-order valence-corrected chi connectivity index (χ0v) is 16.4. The molecule has 0 aromatic heterocycles. The van der Waals surface area contributed by atoms with Crippen molar-refractivity contribution in [1.82, 2.24) is 5.32 Å². The van der Waals surface area contributed by atoms with Gasteiger partial charge in [-0.05, 0) is 30.0 Å². The van der Waals surface area contributed by atoms with E-state index in [4.69, 9.17) is 18.9 Å². The molecule has 1 N–H and O–H groups in total. The lowest BCUT2D eigenvalue weighted by Gasteiger charge is -2.31. The minimum Gasteiger partial charge on any atom is -0.493 e. The lowest BCUT2D eigenvalue weighted by molar-refractivity contribution is -0.144. The van der Waals surface area contributed by atoms with Crippen LogP contribution < -0.4 is 19.5 Å². The fraction of sp³-hybridized carbons (Fsp3) is 0.632. The van der Waals surface area contributed by atoms with Crippen molar-refractivity contribution in [2.24, 2.45) is 5.41 Å². The summed E-state index contributed by atoms with van der Waals surface area (Å²) in [4.78, 5) is 11.9. The van der Waals surface area contributed by atoms with Gasteiger partial charge in [0.15, 0.2) is 11.5 Å². The van der Waals surface area contributed by atoms with Crippen LogP contribution in [-0.4, -0.2) is 39.9 Å². The van der Waals surface area contributed by atoms with Gasteiger partial charge in [0, 0.05) is 12.6 Å². The van der Waals surface area contributed by atoms with Gasteiger partial charge in [-0.25, -0.2) is 0 Å². The SMILES string of the molecule is CCOC(=O)CC(NCc1cc(OC)c(OC)c(OC)c1)C(C)(C)C. The third-order valence-electron chi connectivity index (χ3n) is 4.00. The summed E-state index contributed by atoms with van der Waals surface area (Å²) in [7, 11) is 4.76. The summed E-state index contributed by atoms with van der Waals surface area (Å²) in [6.07, 6.45) is 0.321. The van der Waals surface area contributed by atoms with Crippen molar-refractivity contribution in [2.75, 3.05) is 27.9 Å². The van der Waals surface area contributed by atoms with Gasteiger partial charge < -0.3 is 24.3 Å². The van der Waals surface area contributed by atoms with Crippen LogP contribution in [0.2, 0.25) is 0 Å². The third kappa shape index (κ3) is 6.12. The van der Waals surface area contributed by atoms with E-state index in [0.717, 1.165) is 5.56 Å². The van der Waals surface area contributed by atoms with Crippen LogP contribution in [0.5, 0.6) is 17.2 Å². The van der Waals surface area contributed by atoms with Crippen molar-refractivity contribution in [3.63, 3.8) is 0 Å². The summed E-state index contributed by atoms with van der Waals surface area (Å²) >= 11 is 0. The van der Waals surface area contributed by atoms with E-state index in [0.29, 0.717) is 36.8 Å². The molecule has 0 saturated heterocycles. The molecule has 1 rings (SSSR count). The molecule has 0 heterocycles. The van der Waals surface area contributed by atoms with E-state index in [1.807, 2.05) is 19.1 Å². The third-order valence-corrected chi connectivity index (χ3v) is 4.00. The number of hydrogen-bond donors (Lipinski definition) is 1. The molecule has 0 aliphatic heterocycles. The van der Waals surface area contributed by atoms with Gasteiger partial charge in [-0.15, -0.1) is 0 Å². The summed E-state index contributed by atoms with van der Waals surface area (Å²) in [6, 6.07) is 3.78. The first kappa shape index (κ1) is 21.1. The van der Waals surface area contributed by atoms with Crippen LogP contribution in [0.25, 0.3) is 0 Å². The Bertz CT molecular complexity index is 540. The zero-order chi connectivity index (χ0) is 19.0. The standard InChI is InChI=1S/C19H31NO5/c1-8-25-17(21)11-16(19(2,3)4)20-12-13-9-14(22-5)18(24-7)15(10-13)23-6/h9-10,16,20H,8,11-12H2,1-7H3. The molecule has 1 aromatic carbocycles. The van der Waals surface area contributed by atoms with Crippen LogP contribution in [0, 0.1) is 5.41 Å². The molecule has 1 aromatic rings. The predicted octanol–water partition coefficient (Wildman–Crippen LogP) is 3.17. The topological polar surface area (TPSA) is 66.0 Å². The van der Waals surface area contributed by atoms with Crippen LogP contribution in [0.1, 0.15) is 39.7 Å². The first-order valence-corrected chi connectivity index (χ1v) is 8.44. The molecular weight excluding hydrogens is 322 g/mol. The van der Waals surface area contributed by atoms with Gasteiger partial charge in [0.2, 0.25) is 5.75 Å². The average Bonchev–Trinajstić information content (AvgIpc) is 2.56. The fourth-order valence-corrected chi connectivity index (χ4v) is 2.55. The maximum Gasteiger partial charge on any atom is 0.307 e. The van der Waals surface area contributed by atoms with Gasteiger partial charge in [-0.1, -0.05) is 20.8 Å². The van der Waals surface area contributed by atoms with Crippen molar-refractivity contribution < 1.29 is 23.7 Å². The van der Waals surface area contributed by atoms with Crippen LogP contribution in [0.4, 0.5) is 0 Å². The second-order valence-electron chi connectivity index (χ2n) is 6.84. The van der Waals surface area contributed by atoms with E-state index in [1.54, 1.807) is 21.3 Å². The van der Waals surface area contributed by atoms with E-state index < -0.39 is 0 Å². The molecular formula is C19H31NO5. The van der Waals surface area contributed by atoms with Gasteiger partial charge in [0.25, 0.3) is 0 Å². The van der Waals surface area contributed by atoms with E-state index >= 15 is 0 Å². The molecule has 142 valence electrons. The zero-order valence-electron chi connectivity index (χ0n) is 16.4. The molecule has 0 bridgehead atoms. The molecule has 1 unspecified atom stereocenters. The number of rotatable bonds is 9. The minimum atomic E-state index is -0.195. The van der Waals surface area contributed by atoms with Gasteiger partial charge in [0.05, 0.1) is 34.4 Å². The Morgan fingerprint density at radius 3 is 2.04 bits per heavy atom. The molecule has 0 saturated carbocycles. The van der Waals surface area contributed by atoms with Crippen molar-refractivity contribution in [1.29, 1.82) is 0 Å². The quantitative estimate of drug-likeness (QED) is 0.688. The van der Waals surface area contributed by atoms with E-state index in [2.05, 4.69) is 26.1 Å². The number of hydrogen-bond acceptors (Lipinski definition) is 6. The number of nitrogens with one attached hydrogen (secondary N) is 1. The van der Waals surface area contributed by atoms with E-state index in [1.165, 1.54) is 0 Å². The number of esters is 1. The molecule has 6 nitrogen and oxygen atoms in total. The number of carbonyl (C=O) groups is 1. The Morgan fingerprint density at radius 2 is 1.64 bits per heavy atom. The predicted molar refractivity (Wildman–Crippen MR) is 97.4 cm³/mol. The van der Waals surface area contributed by atoms with Crippen LogP contribution in [0.3, 0.4) is 0 Å². The van der Waals surface area contributed by atoms with Crippen LogP contribution in [0.15, 0.2) is 12.1 Å². The molecule has 6 heteroatoms. The minimum absolute atomic E-state index is 0.0226. The first-order valence-electron chi connectivity index (χ1n) is 8.44. The highest BCUT2D eigenvalue weighted by Crippen LogP contribution is 2.38. The summed E-state index contributed by atoms with van der Waals surface area (Å²) in [5.74, 6) is 1.58. The Balaban J connectivity index is 2.93. The van der Waals surface area contributed by atoms with Gasteiger partial charge in [0.1, 0.15) is 0 Å². The highest BCUT2D eigenvalue weighted by Gasteiger charge is 2.27. The van der Waals surface area contributed by atoms with Gasteiger partial charge in [-0.3, -0.25) is 4.79 Å². The van der Waals surface area contributed by atoms with Crippen LogP contribution >= 0.6 is 0 Å². The Hall–Kier alpha value is -1.95. The smallest absolute Gasteiger partial charge is 0.307 e. The number of benzene rings is 1. The van der Waals surface area contributed by atoms with Crippen molar-refractivity contribution in [2.45, 2.75) is 46.7 Å². The molecule has 0 spiro atoms. The Labute approximate surface area is 150 Å². The molecule has 0 radical (unpaired) electrons. The monoisotopic (exact) mass is 353 g/mol. The second kappa shape index (κ2) is 9.51. The summed E-state index contributed by atoms with van der Waals surface area (Å²) in [5, 5.41) is 3.45. The van der Waals surface area contributed by atoms with Crippen molar-refractivity contribution in [3.8, 4) is 17.2 Å². The highest BCUT2D eigenvalue weighted by molar-refractivity contribution is 5.70. The molecule has 0 aliphatic rings. The Kier molecular flexibility index (Phi) is 8.03. The van der Waals surface area contributed by atoms with Crippen molar-refractivity contribution in [3.05, 3.63) is 17.7 Å². The molecule has 1 atom stereocenters. The number of ether oxygens (including phenoxy) is 4. The lowest BCUT2D eigenvalue weighted by atomic mass is 9.84. The van der Waals surface area contributed by atoms with Gasteiger partial charge >= 0.3 is 5.97 Å². The maximum atomic E-state index is 11.9. The Morgan fingerprint density at radius 1 is 1.08 bits per heavy atom.